The topological polar surface area (TPSA) is 33.1 Å². The van der Waals surface area contributed by atoms with Crippen molar-refractivity contribution in [3.8, 4) is 0 Å². The van der Waals surface area contributed by atoms with E-state index in [1.807, 2.05) is 29.3 Å². The first-order valence-electron chi connectivity index (χ1n) is 7.47. The molecule has 0 atom stereocenters. The molecule has 2 aromatic heterocycles. The number of thiophene rings is 1. The highest BCUT2D eigenvalue weighted by atomic mass is 32.1. The fraction of sp³-hybridized carbons (Fsp3) is 0.562. The molecule has 1 N–H and O–H groups in total. The number of aryl methyl sites for hydroxylation is 1. The van der Waals surface area contributed by atoms with Crippen LogP contribution in [0, 0.1) is 5.92 Å². The maximum Gasteiger partial charge on any atom is 0.0534 e. The summed E-state index contributed by atoms with van der Waals surface area (Å²) in [5, 5.41) is 7.71. The Morgan fingerprint density at radius 2 is 2.05 bits per heavy atom. The highest BCUT2D eigenvalue weighted by molar-refractivity contribution is 7.11. The molecule has 5 heteroatoms. The van der Waals surface area contributed by atoms with E-state index < -0.39 is 0 Å². The first-order valence-corrected chi connectivity index (χ1v) is 8.29. The summed E-state index contributed by atoms with van der Waals surface area (Å²) in [7, 11) is 4.11. The molecule has 0 saturated carbocycles. The largest absolute Gasteiger partial charge is 0.312 e. The van der Waals surface area contributed by atoms with Gasteiger partial charge in [0.05, 0.1) is 6.20 Å². The summed E-state index contributed by atoms with van der Waals surface area (Å²) in [6.45, 7) is 8.46. The molecule has 2 heterocycles. The smallest absolute Gasteiger partial charge is 0.0534 e. The van der Waals surface area contributed by atoms with Gasteiger partial charge < -0.3 is 5.32 Å². The van der Waals surface area contributed by atoms with Crippen molar-refractivity contribution >= 4 is 11.3 Å². The lowest BCUT2D eigenvalue weighted by atomic mass is 10.2. The summed E-state index contributed by atoms with van der Waals surface area (Å²) in [5.74, 6) is 0.704. The molecule has 0 spiro atoms. The van der Waals surface area contributed by atoms with Crippen molar-refractivity contribution in [1.29, 1.82) is 0 Å². The summed E-state index contributed by atoms with van der Waals surface area (Å²) < 4.78 is 1.85. The van der Waals surface area contributed by atoms with E-state index in [9.17, 15) is 0 Å². The number of nitrogens with zero attached hydrogens (tertiary/aromatic N) is 3. The van der Waals surface area contributed by atoms with Gasteiger partial charge >= 0.3 is 0 Å². The molecular weight excluding hydrogens is 280 g/mol. The van der Waals surface area contributed by atoms with Crippen LogP contribution in [0.3, 0.4) is 0 Å². The standard InChI is InChI=1S/C16H26N4S/c1-13(2)7-17-9-15-5-6-16(21-15)12-19(3)10-14-8-18-20(4)11-14/h5-6,8,11,13,17H,7,9-10,12H2,1-4H3. The van der Waals surface area contributed by atoms with Crippen molar-refractivity contribution < 1.29 is 0 Å². The zero-order valence-corrected chi connectivity index (χ0v) is 14.3. The molecule has 0 amide bonds. The molecule has 0 radical (unpaired) electrons. The molecule has 4 nitrogen and oxygen atoms in total. The minimum atomic E-state index is 0.704. The molecule has 0 bridgehead atoms. The van der Waals surface area contributed by atoms with Crippen molar-refractivity contribution in [1.82, 2.24) is 20.0 Å². The van der Waals surface area contributed by atoms with Crippen LogP contribution in [0.4, 0.5) is 0 Å². The van der Waals surface area contributed by atoms with Gasteiger partial charge in [0.2, 0.25) is 0 Å². The SMILES string of the molecule is CC(C)CNCc1ccc(CN(C)Cc2cnn(C)c2)s1. The average molecular weight is 306 g/mol. The number of nitrogens with one attached hydrogen (secondary N) is 1. The van der Waals surface area contributed by atoms with E-state index in [4.69, 9.17) is 0 Å². The monoisotopic (exact) mass is 306 g/mol. The van der Waals surface area contributed by atoms with Gasteiger partial charge in [0.25, 0.3) is 0 Å². The molecule has 0 unspecified atom stereocenters. The Kier molecular flexibility index (Phi) is 5.96. The Labute approximate surface area is 131 Å². The third-order valence-corrected chi connectivity index (χ3v) is 4.28. The van der Waals surface area contributed by atoms with Gasteiger partial charge in [-0.2, -0.15) is 5.10 Å². The third kappa shape index (κ3) is 5.61. The van der Waals surface area contributed by atoms with Crippen LogP contribution in [0.1, 0.15) is 29.2 Å². The maximum atomic E-state index is 4.21. The summed E-state index contributed by atoms with van der Waals surface area (Å²) in [5.41, 5.74) is 1.26. The Balaban J connectivity index is 1.78. The average Bonchev–Trinajstić information content (AvgIpc) is 2.98. The van der Waals surface area contributed by atoms with Crippen molar-refractivity contribution in [3.05, 3.63) is 39.8 Å². The molecule has 0 aliphatic carbocycles. The minimum absolute atomic E-state index is 0.704. The van der Waals surface area contributed by atoms with E-state index in [0.29, 0.717) is 5.92 Å². The predicted octanol–water partition coefficient (Wildman–Crippen LogP) is 2.86. The summed E-state index contributed by atoms with van der Waals surface area (Å²) in [6, 6.07) is 4.49. The fourth-order valence-corrected chi connectivity index (χ4v) is 3.34. The quantitative estimate of drug-likeness (QED) is 0.814. The van der Waals surface area contributed by atoms with E-state index in [-0.39, 0.29) is 0 Å². The molecular formula is C16H26N4S. The summed E-state index contributed by atoms with van der Waals surface area (Å²) in [4.78, 5) is 5.16. The van der Waals surface area contributed by atoms with Gasteiger partial charge in [-0.3, -0.25) is 9.58 Å². The Hall–Kier alpha value is -1.17. The lowest BCUT2D eigenvalue weighted by molar-refractivity contribution is 0.322. The first kappa shape index (κ1) is 16.2. The second-order valence-electron chi connectivity index (χ2n) is 6.09. The zero-order chi connectivity index (χ0) is 15.2. The highest BCUT2D eigenvalue weighted by Crippen LogP contribution is 2.18. The van der Waals surface area contributed by atoms with Crippen LogP contribution in [0.5, 0.6) is 0 Å². The van der Waals surface area contributed by atoms with Crippen LogP contribution in [-0.4, -0.2) is 28.3 Å². The maximum absolute atomic E-state index is 4.21. The Morgan fingerprint density at radius 3 is 2.71 bits per heavy atom. The molecule has 2 rings (SSSR count). The van der Waals surface area contributed by atoms with Crippen molar-refractivity contribution in [3.63, 3.8) is 0 Å². The Morgan fingerprint density at radius 1 is 1.29 bits per heavy atom. The van der Waals surface area contributed by atoms with E-state index in [0.717, 1.165) is 26.2 Å². The second-order valence-corrected chi connectivity index (χ2v) is 7.34. The van der Waals surface area contributed by atoms with Crippen LogP contribution < -0.4 is 5.32 Å². The third-order valence-electron chi connectivity index (χ3n) is 3.21. The number of hydrogen-bond donors (Lipinski definition) is 1. The molecule has 0 fully saturated rings. The molecule has 0 aromatic carbocycles. The number of aromatic nitrogens is 2. The van der Waals surface area contributed by atoms with E-state index in [2.05, 4.69) is 54.5 Å². The van der Waals surface area contributed by atoms with Gasteiger partial charge in [0.1, 0.15) is 0 Å². The number of rotatable bonds is 8. The highest BCUT2D eigenvalue weighted by Gasteiger charge is 2.06. The minimum Gasteiger partial charge on any atom is -0.312 e. The van der Waals surface area contributed by atoms with Crippen LogP contribution in [0.2, 0.25) is 0 Å². The second kappa shape index (κ2) is 7.73. The van der Waals surface area contributed by atoms with E-state index >= 15 is 0 Å². The summed E-state index contributed by atoms with van der Waals surface area (Å²) in [6.07, 6.45) is 4.01. The molecule has 2 aromatic rings. The van der Waals surface area contributed by atoms with Gasteiger partial charge in [-0.1, -0.05) is 13.8 Å². The van der Waals surface area contributed by atoms with Crippen LogP contribution in [0.25, 0.3) is 0 Å². The van der Waals surface area contributed by atoms with Gasteiger partial charge in [-0.25, -0.2) is 0 Å². The lowest BCUT2D eigenvalue weighted by Gasteiger charge is -2.14. The van der Waals surface area contributed by atoms with Crippen molar-refractivity contribution in [2.45, 2.75) is 33.5 Å². The van der Waals surface area contributed by atoms with E-state index in [1.165, 1.54) is 15.3 Å². The fourth-order valence-electron chi connectivity index (χ4n) is 2.27. The first-order chi connectivity index (χ1) is 10.0. The molecule has 0 saturated heterocycles. The number of hydrogen-bond acceptors (Lipinski definition) is 4. The zero-order valence-electron chi connectivity index (χ0n) is 13.5. The molecule has 116 valence electrons. The van der Waals surface area contributed by atoms with Crippen molar-refractivity contribution in [2.75, 3.05) is 13.6 Å². The van der Waals surface area contributed by atoms with Gasteiger partial charge in [-0.05, 0) is 31.6 Å². The van der Waals surface area contributed by atoms with Crippen LogP contribution >= 0.6 is 11.3 Å². The Bertz CT molecular complexity index is 544. The normalized spacial score (nSPS) is 11.7. The van der Waals surface area contributed by atoms with Crippen molar-refractivity contribution in [2.24, 2.45) is 13.0 Å². The molecule has 0 aliphatic heterocycles. The van der Waals surface area contributed by atoms with Gasteiger partial charge in [-0.15, -0.1) is 11.3 Å². The lowest BCUT2D eigenvalue weighted by Crippen LogP contribution is -2.18. The van der Waals surface area contributed by atoms with E-state index in [1.54, 1.807) is 0 Å². The van der Waals surface area contributed by atoms with Gasteiger partial charge in [0.15, 0.2) is 0 Å². The molecule has 0 aliphatic rings. The van der Waals surface area contributed by atoms with Crippen LogP contribution in [0.15, 0.2) is 24.5 Å². The predicted molar refractivity (Wildman–Crippen MR) is 89.2 cm³/mol. The van der Waals surface area contributed by atoms with Crippen LogP contribution in [-0.2, 0) is 26.7 Å². The molecule has 21 heavy (non-hydrogen) atoms. The van der Waals surface area contributed by atoms with Gasteiger partial charge in [0, 0.05) is 48.2 Å². The summed E-state index contributed by atoms with van der Waals surface area (Å²) >= 11 is 1.90.